The highest BCUT2D eigenvalue weighted by Crippen LogP contribution is 2.27. The van der Waals surface area contributed by atoms with Crippen molar-refractivity contribution in [3.8, 4) is 0 Å². The number of likely N-dealkylation sites (tertiary alicyclic amines) is 1. The Morgan fingerprint density at radius 2 is 1.95 bits per heavy atom. The van der Waals surface area contributed by atoms with Gasteiger partial charge >= 0.3 is 0 Å². The maximum atomic E-state index is 12.6. The number of carbonyl (C=O) groups is 1. The SMILES string of the molecule is CNC1CCN(C(=O)C(C)(C)c2ccccc2)C1.Cl. The van der Waals surface area contributed by atoms with Crippen molar-refractivity contribution < 1.29 is 4.79 Å². The molecule has 4 heteroatoms. The largest absolute Gasteiger partial charge is 0.340 e. The second kappa shape index (κ2) is 6.40. The number of halogens is 1. The van der Waals surface area contributed by atoms with Crippen molar-refractivity contribution >= 4 is 18.3 Å². The molecular formula is C15H23ClN2O. The monoisotopic (exact) mass is 282 g/mol. The molecule has 3 nitrogen and oxygen atoms in total. The maximum absolute atomic E-state index is 12.6. The molecule has 0 radical (unpaired) electrons. The van der Waals surface area contributed by atoms with Gasteiger partial charge in [-0.15, -0.1) is 12.4 Å². The molecule has 1 saturated heterocycles. The van der Waals surface area contributed by atoms with Crippen LogP contribution in [0.3, 0.4) is 0 Å². The van der Waals surface area contributed by atoms with Crippen molar-refractivity contribution in [2.45, 2.75) is 31.7 Å². The van der Waals surface area contributed by atoms with E-state index in [9.17, 15) is 4.79 Å². The number of benzene rings is 1. The summed E-state index contributed by atoms with van der Waals surface area (Å²) in [5.74, 6) is 0.228. The summed E-state index contributed by atoms with van der Waals surface area (Å²) in [5, 5.41) is 3.25. The highest BCUT2D eigenvalue weighted by Gasteiger charge is 2.36. The molecule has 1 aliphatic heterocycles. The molecule has 1 atom stereocenters. The van der Waals surface area contributed by atoms with E-state index in [1.54, 1.807) is 0 Å². The topological polar surface area (TPSA) is 32.3 Å². The van der Waals surface area contributed by atoms with Crippen LogP contribution < -0.4 is 5.32 Å². The Bertz CT molecular complexity index is 419. The van der Waals surface area contributed by atoms with Crippen molar-refractivity contribution in [1.82, 2.24) is 10.2 Å². The van der Waals surface area contributed by atoms with E-state index in [0.717, 1.165) is 25.1 Å². The first-order valence-electron chi connectivity index (χ1n) is 6.58. The summed E-state index contributed by atoms with van der Waals surface area (Å²) in [5.41, 5.74) is 0.645. The van der Waals surface area contributed by atoms with Crippen molar-refractivity contribution in [2.24, 2.45) is 0 Å². The first kappa shape index (κ1) is 16.0. The minimum atomic E-state index is -0.441. The number of nitrogens with zero attached hydrogens (tertiary/aromatic N) is 1. The van der Waals surface area contributed by atoms with Crippen molar-refractivity contribution in [1.29, 1.82) is 0 Å². The van der Waals surface area contributed by atoms with Crippen LogP contribution in [0.15, 0.2) is 30.3 Å². The zero-order chi connectivity index (χ0) is 13.2. The number of carbonyl (C=O) groups excluding carboxylic acids is 1. The van der Waals surface area contributed by atoms with Crippen LogP contribution in [-0.4, -0.2) is 37.0 Å². The van der Waals surface area contributed by atoms with E-state index in [4.69, 9.17) is 0 Å². The quantitative estimate of drug-likeness (QED) is 0.922. The molecule has 1 aromatic carbocycles. The number of likely N-dealkylation sites (N-methyl/N-ethyl adjacent to an activating group) is 1. The first-order valence-corrected chi connectivity index (χ1v) is 6.58. The predicted molar refractivity (Wildman–Crippen MR) is 80.8 cm³/mol. The van der Waals surface area contributed by atoms with Crippen LogP contribution in [0.2, 0.25) is 0 Å². The summed E-state index contributed by atoms with van der Waals surface area (Å²) >= 11 is 0. The summed E-state index contributed by atoms with van der Waals surface area (Å²) in [6.45, 7) is 5.71. The molecule has 1 unspecified atom stereocenters. The summed E-state index contributed by atoms with van der Waals surface area (Å²) in [6, 6.07) is 10.5. The molecule has 106 valence electrons. The van der Waals surface area contributed by atoms with Crippen molar-refractivity contribution in [3.63, 3.8) is 0 Å². The standard InChI is InChI=1S/C15H22N2O.ClH/c1-15(2,12-7-5-4-6-8-12)14(18)17-10-9-13(11-17)16-3;/h4-8,13,16H,9-11H2,1-3H3;1H. The Kier molecular flexibility index (Phi) is 5.39. The normalized spacial score (nSPS) is 19.1. The summed E-state index contributed by atoms with van der Waals surface area (Å²) in [7, 11) is 1.96. The van der Waals surface area contributed by atoms with E-state index in [1.807, 2.05) is 56.1 Å². The lowest BCUT2D eigenvalue weighted by molar-refractivity contribution is -0.135. The van der Waals surface area contributed by atoms with Gasteiger partial charge in [-0.1, -0.05) is 30.3 Å². The van der Waals surface area contributed by atoms with Crippen LogP contribution >= 0.6 is 12.4 Å². The Hall–Kier alpha value is -1.06. The molecule has 0 saturated carbocycles. The molecule has 0 bridgehead atoms. The number of hydrogen-bond acceptors (Lipinski definition) is 2. The third kappa shape index (κ3) is 3.28. The van der Waals surface area contributed by atoms with E-state index in [0.29, 0.717) is 6.04 Å². The highest BCUT2D eigenvalue weighted by atomic mass is 35.5. The fraction of sp³-hybridized carbons (Fsp3) is 0.533. The van der Waals surface area contributed by atoms with Gasteiger partial charge in [-0.3, -0.25) is 4.79 Å². The van der Waals surface area contributed by atoms with Crippen LogP contribution in [0.1, 0.15) is 25.8 Å². The third-order valence-electron chi connectivity index (χ3n) is 3.91. The molecule has 1 aliphatic rings. The minimum absolute atomic E-state index is 0. The fourth-order valence-electron chi connectivity index (χ4n) is 2.55. The molecule has 1 amide bonds. The van der Waals surface area contributed by atoms with Crippen LogP contribution in [0.4, 0.5) is 0 Å². The van der Waals surface area contributed by atoms with Gasteiger partial charge in [0.15, 0.2) is 0 Å². The Morgan fingerprint density at radius 1 is 1.32 bits per heavy atom. The number of nitrogens with one attached hydrogen (secondary N) is 1. The van der Waals surface area contributed by atoms with Crippen molar-refractivity contribution in [3.05, 3.63) is 35.9 Å². The predicted octanol–water partition coefficient (Wildman–Crippen LogP) is 2.21. The average molecular weight is 283 g/mol. The van der Waals surface area contributed by atoms with E-state index in [-0.39, 0.29) is 18.3 Å². The van der Waals surface area contributed by atoms with Crippen molar-refractivity contribution in [2.75, 3.05) is 20.1 Å². The van der Waals surface area contributed by atoms with E-state index < -0.39 is 5.41 Å². The smallest absolute Gasteiger partial charge is 0.232 e. The lowest BCUT2D eigenvalue weighted by atomic mass is 9.83. The van der Waals surface area contributed by atoms with Crippen LogP contribution in [-0.2, 0) is 10.2 Å². The number of amides is 1. The zero-order valence-corrected chi connectivity index (χ0v) is 12.7. The van der Waals surface area contributed by atoms with E-state index >= 15 is 0 Å². The third-order valence-corrected chi connectivity index (χ3v) is 3.91. The average Bonchev–Trinajstić information content (AvgIpc) is 2.87. The van der Waals surface area contributed by atoms with Gasteiger partial charge in [0.05, 0.1) is 5.41 Å². The Balaban J connectivity index is 0.00000180. The molecule has 1 aromatic rings. The van der Waals surface area contributed by atoms with Gasteiger partial charge in [0.1, 0.15) is 0 Å². The maximum Gasteiger partial charge on any atom is 0.232 e. The van der Waals surface area contributed by atoms with E-state index in [1.165, 1.54) is 0 Å². The molecule has 0 aliphatic carbocycles. The molecule has 1 N–H and O–H groups in total. The molecule has 2 rings (SSSR count). The van der Waals surface area contributed by atoms with Crippen LogP contribution in [0.5, 0.6) is 0 Å². The second-order valence-electron chi connectivity index (χ2n) is 5.52. The van der Waals surface area contributed by atoms with Gasteiger partial charge in [0, 0.05) is 19.1 Å². The van der Waals surface area contributed by atoms with Gasteiger partial charge in [-0.2, -0.15) is 0 Å². The lowest BCUT2D eigenvalue weighted by Crippen LogP contribution is -2.43. The summed E-state index contributed by atoms with van der Waals surface area (Å²) < 4.78 is 0. The second-order valence-corrected chi connectivity index (χ2v) is 5.52. The molecule has 19 heavy (non-hydrogen) atoms. The van der Waals surface area contributed by atoms with Gasteiger partial charge in [-0.05, 0) is 32.9 Å². The van der Waals surface area contributed by atoms with Crippen LogP contribution in [0, 0.1) is 0 Å². The van der Waals surface area contributed by atoms with Gasteiger partial charge in [-0.25, -0.2) is 0 Å². The fourth-order valence-corrected chi connectivity index (χ4v) is 2.55. The van der Waals surface area contributed by atoms with Crippen LogP contribution in [0.25, 0.3) is 0 Å². The minimum Gasteiger partial charge on any atom is -0.340 e. The lowest BCUT2D eigenvalue weighted by Gasteiger charge is -2.29. The molecule has 0 aromatic heterocycles. The summed E-state index contributed by atoms with van der Waals surface area (Å²) in [4.78, 5) is 14.6. The number of hydrogen-bond donors (Lipinski definition) is 1. The molecule has 1 fully saturated rings. The number of rotatable bonds is 3. The molecule has 0 spiro atoms. The summed E-state index contributed by atoms with van der Waals surface area (Å²) in [6.07, 6.45) is 1.05. The first-order chi connectivity index (χ1) is 8.55. The zero-order valence-electron chi connectivity index (χ0n) is 11.8. The molecule has 1 heterocycles. The Labute approximate surface area is 121 Å². The highest BCUT2D eigenvalue weighted by molar-refractivity contribution is 5.87. The van der Waals surface area contributed by atoms with Gasteiger partial charge in [0.25, 0.3) is 0 Å². The Morgan fingerprint density at radius 3 is 2.47 bits per heavy atom. The molecular weight excluding hydrogens is 260 g/mol. The van der Waals surface area contributed by atoms with E-state index in [2.05, 4.69) is 5.32 Å². The van der Waals surface area contributed by atoms with Gasteiger partial charge < -0.3 is 10.2 Å². The van der Waals surface area contributed by atoms with Gasteiger partial charge in [0.2, 0.25) is 5.91 Å².